The molecular formula is C18H18N4O2. The van der Waals surface area contributed by atoms with Crippen LogP contribution in [0.25, 0.3) is 5.69 Å². The van der Waals surface area contributed by atoms with Gasteiger partial charge in [-0.2, -0.15) is 5.10 Å². The number of amides is 1. The average molecular weight is 322 g/mol. The average Bonchev–Trinajstić information content (AvgIpc) is 3.36. The van der Waals surface area contributed by atoms with Gasteiger partial charge in [-0.15, -0.1) is 0 Å². The minimum atomic E-state index is -0.142. The summed E-state index contributed by atoms with van der Waals surface area (Å²) < 4.78 is 9.22. The third-order valence-corrected chi connectivity index (χ3v) is 4.17. The van der Waals surface area contributed by atoms with Crippen molar-refractivity contribution in [1.82, 2.24) is 14.3 Å². The van der Waals surface area contributed by atoms with Gasteiger partial charge in [-0.1, -0.05) is 0 Å². The predicted octanol–water partition coefficient (Wildman–Crippen LogP) is 2.89. The zero-order chi connectivity index (χ0) is 16.4. The molecule has 0 bridgehead atoms. The van der Waals surface area contributed by atoms with Gasteiger partial charge in [0, 0.05) is 36.4 Å². The molecule has 1 aliphatic heterocycles. The molecule has 1 N–H and O–H groups in total. The van der Waals surface area contributed by atoms with Crippen molar-refractivity contribution in [1.29, 1.82) is 0 Å². The lowest BCUT2D eigenvalue weighted by atomic mass is 10.2. The van der Waals surface area contributed by atoms with Crippen LogP contribution in [-0.2, 0) is 4.74 Å². The molecule has 3 heterocycles. The summed E-state index contributed by atoms with van der Waals surface area (Å²) >= 11 is 0. The zero-order valence-electron chi connectivity index (χ0n) is 13.1. The fourth-order valence-electron chi connectivity index (χ4n) is 2.83. The third kappa shape index (κ3) is 2.96. The van der Waals surface area contributed by atoms with Gasteiger partial charge in [0.2, 0.25) is 0 Å². The number of carbonyl (C=O) groups excluding carboxylic acids is 1. The number of benzene rings is 1. The fourth-order valence-corrected chi connectivity index (χ4v) is 2.83. The topological polar surface area (TPSA) is 61.1 Å². The number of ether oxygens (including phenoxy) is 1. The molecule has 1 aliphatic rings. The van der Waals surface area contributed by atoms with Gasteiger partial charge in [-0.3, -0.25) is 9.48 Å². The number of rotatable bonds is 4. The summed E-state index contributed by atoms with van der Waals surface area (Å²) in [6, 6.07) is 11.7. The highest BCUT2D eigenvalue weighted by molar-refractivity contribution is 6.04. The standard InChI is InChI=1S/C18H18N4O2/c23-18(14-3-5-16(6-4-14)21-8-1-2-9-21)20-15-11-19-22(12-15)17-7-10-24-13-17/h1-6,8-9,11-12,17H,7,10,13H2,(H,20,23)/t17-/m1/s1. The van der Waals surface area contributed by atoms with E-state index in [4.69, 9.17) is 4.74 Å². The van der Waals surface area contributed by atoms with E-state index in [0.29, 0.717) is 17.9 Å². The maximum atomic E-state index is 12.4. The van der Waals surface area contributed by atoms with Gasteiger partial charge in [0.15, 0.2) is 0 Å². The van der Waals surface area contributed by atoms with Crippen molar-refractivity contribution in [3.8, 4) is 5.69 Å². The van der Waals surface area contributed by atoms with Gasteiger partial charge in [0.05, 0.1) is 24.5 Å². The Hall–Kier alpha value is -2.86. The van der Waals surface area contributed by atoms with Crippen molar-refractivity contribution in [2.75, 3.05) is 18.5 Å². The van der Waals surface area contributed by atoms with E-state index in [1.54, 1.807) is 6.20 Å². The fraction of sp³-hybridized carbons (Fsp3) is 0.222. The van der Waals surface area contributed by atoms with E-state index >= 15 is 0 Å². The lowest BCUT2D eigenvalue weighted by molar-refractivity contribution is 0.102. The Kier molecular flexibility index (Phi) is 3.88. The highest BCUT2D eigenvalue weighted by Crippen LogP contribution is 2.20. The van der Waals surface area contributed by atoms with Crippen LogP contribution in [0.4, 0.5) is 5.69 Å². The van der Waals surface area contributed by atoms with Gasteiger partial charge in [-0.25, -0.2) is 0 Å². The Morgan fingerprint density at radius 1 is 1.21 bits per heavy atom. The summed E-state index contributed by atoms with van der Waals surface area (Å²) in [7, 11) is 0. The Balaban J connectivity index is 1.44. The number of nitrogens with zero attached hydrogens (tertiary/aromatic N) is 3. The number of carbonyl (C=O) groups is 1. The van der Waals surface area contributed by atoms with Crippen molar-refractivity contribution in [2.45, 2.75) is 12.5 Å². The largest absolute Gasteiger partial charge is 0.379 e. The Bertz CT molecular complexity index is 815. The molecule has 1 fully saturated rings. The summed E-state index contributed by atoms with van der Waals surface area (Å²) in [5, 5.41) is 7.20. The van der Waals surface area contributed by atoms with Crippen molar-refractivity contribution < 1.29 is 9.53 Å². The van der Waals surface area contributed by atoms with E-state index in [1.165, 1.54) is 0 Å². The summed E-state index contributed by atoms with van der Waals surface area (Å²) in [4.78, 5) is 12.4. The summed E-state index contributed by atoms with van der Waals surface area (Å²) in [5.41, 5.74) is 2.33. The first-order chi connectivity index (χ1) is 11.8. The molecule has 4 rings (SSSR count). The van der Waals surface area contributed by atoms with Crippen LogP contribution in [0, 0.1) is 0 Å². The van der Waals surface area contributed by atoms with Crippen LogP contribution in [0.2, 0.25) is 0 Å². The van der Waals surface area contributed by atoms with Crippen LogP contribution in [-0.4, -0.2) is 33.5 Å². The minimum absolute atomic E-state index is 0.142. The van der Waals surface area contributed by atoms with Crippen LogP contribution in [0.15, 0.2) is 61.2 Å². The van der Waals surface area contributed by atoms with Gasteiger partial charge in [0.25, 0.3) is 5.91 Å². The van der Waals surface area contributed by atoms with Crippen LogP contribution < -0.4 is 5.32 Å². The predicted molar refractivity (Wildman–Crippen MR) is 90.4 cm³/mol. The summed E-state index contributed by atoms with van der Waals surface area (Å²) in [6.45, 7) is 1.44. The van der Waals surface area contributed by atoms with E-state index in [2.05, 4.69) is 10.4 Å². The molecule has 1 atom stereocenters. The summed E-state index contributed by atoms with van der Waals surface area (Å²) in [6.07, 6.45) is 8.41. The minimum Gasteiger partial charge on any atom is -0.379 e. The highest BCUT2D eigenvalue weighted by Gasteiger charge is 2.18. The SMILES string of the molecule is O=C(Nc1cnn([C@@H]2CCOC2)c1)c1ccc(-n2cccc2)cc1. The van der Waals surface area contributed by atoms with Crippen molar-refractivity contribution in [3.05, 3.63) is 66.7 Å². The quantitative estimate of drug-likeness (QED) is 0.803. The molecule has 6 nitrogen and oxygen atoms in total. The van der Waals surface area contributed by atoms with Gasteiger partial charge in [0.1, 0.15) is 0 Å². The molecule has 24 heavy (non-hydrogen) atoms. The Morgan fingerprint density at radius 3 is 2.71 bits per heavy atom. The van der Waals surface area contributed by atoms with Crippen molar-refractivity contribution >= 4 is 11.6 Å². The van der Waals surface area contributed by atoms with E-state index in [0.717, 1.165) is 18.7 Å². The Morgan fingerprint density at radius 2 is 2.00 bits per heavy atom. The molecule has 3 aromatic rings. The number of aromatic nitrogens is 3. The van der Waals surface area contributed by atoms with E-state index in [-0.39, 0.29) is 11.9 Å². The molecule has 0 radical (unpaired) electrons. The van der Waals surface area contributed by atoms with Crippen molar-refractivity contribution in [3.63, 3.8) is 0 Å². The van der Waals surface area contributed by atoms with Gasteiger partial charge < -0.3 is 14.6 Å². The first-order valence-electron chi connectivity index (χ1n) is 7.96. The lowest BCUT2D eigenvalue weighted by Gasteiger charge is -2.07. The highest BCUT2D eigenvalue weighted by atomic mass is 16.5. The first kappa shape index (κ1) is 14.7. The molecule has 6 heteroatoms. The maximum absolute atomic E-state index is 12.4. The normalized spacial score (nSPS) is 17.1. The number of anilines is 1. The smallest absolute Gasteiger partial charge is 0.255 e. The third-order valence-electron chi connectivity index (χ3n) is 4.17. The molecule has 0 saturated carbocycles. The number of nitrogens with one attached hydrogen (secondary N) is 1. The number of hydrogen-bond donors (Lipinski definition) is 1. The van der Waals surface area contributed by atoms with Gasteiger partial charge >= 0.3 is 0 Å². The molecule has 2 aromatic heterocycles. The van der Waals surface area contributed by atoms with Gasteiger partial charge in [-0.05, 0) is 42.8 Å². The molecule has 122 valence electrons. The number of hydrogen-bond acceptors (Lipinski definition) is 3. The van der Waals surface area contributed by atoms with Crippen LogP contribution in [0.1, 0.15) is 22.8 Å². The molecular weight excluding hydrogens is 304 g/mol. The molecule has 1 aromatic carbocycles. The van der Waals surface area contributed by atoms with Crippen LogP contribution in [0.3, 0.4) is 0 Å². The van der Waals surface area contributed by atoms with E-state index in [1.807, 2.05) is 64.2 Å². The Labute approximate surface area is 139 Å². The van der Waals surface area contributed by atoms with Crippen LogP contribution in [0.5, 0.6) is 0 Å². The molecule has 1 saturated heterocycles. The maximum Gasteiger partial charge on any atom is 0.255 e. The van der Waals surface area contributed by atoms with Crippen LogP contribution >= 0.6 is 0 Å². The monoisotopic (exact) mass is 322 g/mol. The second-order valence-corrected chi connectivity index (χ2v) is 5.82. The molecule has 0 unspecified atom stereocenters. The zero-order valence-corrected chi connectivity index (χ0v) is 13.1. The summed E-state index contributed by atoms with van der Waals surface area (Å²) in [5.74, 6) is -0.142. The molecule has 0 spiro atoms. The molecule has 0 aliphatic carbocycles. The lowest BCUT2D eigenvalue weighted by Crippen LogP contribution is -2.12. The van der Waals surface area contributed by atoms with E-state index < -0.39 is 0 Å². The first-order valence-corrected chi connectivity index (χ1v) is 7.96. The molecule has 1 amide bonds. The second-order valence-electron chi connectivity index (χ2n) is 5.82. The second kappa shape index (κ2) is 6.33. The van der Waals surface area contributed by atoms with E-state index in [9.17, 15) is 4.79 Å². The van der Waals surface area contributed by atoms with Crippen molar-refractivity contribution in [2.24, 2.45) is 0 Å².